The third-order valence-corrected chi connectivity index (χ3v) is 4.84. The van der Waals surface area contributed by atoms with Gasteiger partial charge < -0.3 is 10.3 Å². The van der Waals surface area contributed by atoms with E-state index in [4.69, 9.17) is 0 Å². The van der Waals surface area contributed by atoms with Crippen LogP contribution in [0.15, 0.2) is 28.4 Å². The van der Waals surface area contributed by atoms with Gasteiger partial charge in [-0.05, 0) is 19.1 Å². The van der Waals surface area contributed by atoms with E-state index >= 15 is 0 Å². The summed E-state index contributed by atoms with van der Waals surface area (Å²) < 4.78 is 13.3. The van der Waals surface area contributed by atoms with Crippen LogP contribution in [0.25, 0.3) is 10.9 Å². The van der Waals surface area contributed by atoms with E-state index in [0.717, 1.165) is 5.69 Å². The van der Waals surface area contributed by atoms with Crippen LogP contribution in [0.3, 0.4) is 0 Å². The number of carbonyl (C=O) groups is 1. The van der Waals surface area contributed by atoms with E-state index in [9.17, 15) is 14.0 Å². The Balaban J connectivity index is 1.56. The van der Waals surface area contributed by atoms with E-state index in [0.29, 0.717) is 34.8 Å². The van der Waals surface area contributed by atoms with Crippen LogP contribution in [0.4, 0.5) is 9.52 Å². The second-order valence-electron chi connectivity index (χ2n) is 5.83. The van der Waals surface area contributed by atoms with Crippen molar-refractivity contribution in [3.63, 3.8) is 0 Å². The summed E-state index contributed by atoms with van der Waals surface area (Å²) in [6.07, 6.45) is 0.412. The number of thiazole rings is 1. The smallest absolute Gasteiger partial charge is 0.258 e. The van der Waals surface area contributed by atoms with E-state index in [2.05, 4.69) is 20.3 Å². The summed E-state index contributed by atoms with van der Waals surface area (Å²) in [5.74, 6) is -0.107. The van der Waals surface area contributed by atoms with Crippen molar-refractivity contribution < 1.29 is 9.18 Å². The molecule has 0 fully saturated rings. The Kier molecular flexibility index (Phi) is 5.38. The molecule has 0 aliphatic carbocycles. The molecule has 0 aliphatic heterocycles. The summed E-state index contributed by atoms with van der Waals surface area (Å²) in [6, 6.07) is 3.87. The van der Waals surface area contributed by atoms with E-state index in [-0.39, 0.29) is 18.0 Å². The van der Waals surface area contributed by atoms with E-state index in [1.165, 1.54) is 34.4 Å². The maximum absolute atomic E-state index is 13.3. The van der Waals surface area contributed by atoms with Crippen LogP contribution in [0.2, 0.25) is 0 Å². The fraction of sp³-hybridized carbons (Fsp3) is 0.294. The highest BCUT2D eigenvalue weighted by Crippen LogP contribution is 2.18. The Bertz CT molecular complexity index is 1000. The van der Waals surface area contributed by atoms with Crippen LogP contribution >= 0.6 is 11.3 Å². The Morgan fingerprint density at radius 3 is 2.92 bits per heavy atom. The summed E-state index contributed by atoms with van der Waals surface area (Å²) in [5.41, 5.74) is 0.888. The predicted molar refractivity (Wildman–Crippen MR) is 99.2 cm³/mol. The van der Waals surface area contributed by atoms with Gasteiger partial charge in [0.25, 0.3) is 5.56 Å². The standard InChI is InChI=1S/C17H18FN5O2S/c1-10-9-26-17(20-10)23(2)15(24)8-19-6-5-14-21-13-7-11(18)3-4-12(13)16(25)22-14/h3-4,7,9,19H,5-6,8H2,1-2H3,(H,21,22,25). The third-order valence-electron chi connectivity index (χ3n) is 3.80. The van der Waals surface area contributed by atoms with Gasteiger partial charge in [0, 0.05) is 31.5 Å². The normalized spacial score (nSPS) is 11.0. The number of aryl methyl sites for hydroxylation is 1. The molecule has 2 aromatic heterocycles. The van der Waals surface area contributed by atoms with Crippen molar-refractivity contribution >= 4 is 33.3 Å². The molecule has 0 radical (unpaired) electrons. The van der Waals surface area contributed by atoms with Gasteiger partial charge in [-0.25, -0.2) is 14.4 Å². The van der Waals surface area contributed by atoms with Gasteiger partial charge in [0.2, 0.25) is 5.91 Å². The minimum atomic E-state index is -0.439. The number of fused-ring (bicyclic) bond motifs is 1. The van der Waals surface area contributed by atoms with Gasteiger partial charge in [0.05, 0.1) is 23.1 Å². The molecule has 2 heterocycles. The second kappa shape index (κ2) is 7.71. The van der Waals surface area contributed by atoms with Crippen molar-refractivity contribution in [2.45, 2.75) is 13.3 Å². The second-order valence-corrected chi connectivity index (χ2v) is 6.66. The SMILES string of the molecule is Cc1csc(N(C)C(=O)CNCCc2nc3cc(F)ccc3c(=O)[nH]2)n1. The van der Waals surface area contributed by atoms with Gasteiger partial charge in [-0.3, -0.25) is 14.5 Å². The molecule has 136 valence electrons. The molecule has 0 unspecified atom stereocenters. The van der Waals surface area contributed by atoms with Gasteiger partial charge in [-0.2, -0.15) is 0 Å². The largest absolute Gasteiger partial charge is 0.310 e. The number of aromatic amines is 1. The number of amides is 1. The number of halogens is 1. The first-order valence-corrected chi connectivity index (χ1v) is 8.90. The van der Waals surface area contributed by atoms with Crippen LogP contribution in [0.5, 0.6) is 0 Å². The molecule has 1 aromatic carbocycles. The van der Waals surface area contributed by atoms with Crippen molar-refractivity contribution in [2.24, 2.45) is 0 Å². The summed E-state index contributed by atoms with van der Waals surface area (Å²) in [7, 11) is 1.68. The summed E-state index contributed by atoms with van der Waals surface area (Å²) in [4.78, 5) is 36.8. The van der Waals surface area contributed by atoms with Gasteiger partial charge in [-0.1, -0.05) is 0 Å². The molecular weight excluding hydrogens is 357 g/mol. The van der Waals surface area contributed by atoms with Crippen LogP contribution in [-0.2, 0) is 11.2 Å². The zero-order chi connectivity index (χ0) is 18.7. The molecule has 0 saturated heterocycles. The van der Waals surface area contributed by atoms with Crippen molar-refractivity contribution in [1.82, 2.24) is 20.3 Å². The maximum Gasteiger partial charge on any atom is 0.258 e. The number of nitrogens with zero attached hydrogens (tertiary/aromatic N) is 3. The number of rotatable bonds is 6. The molecule has 0 spiro atoms. The molecule has 26 heavy (non-hydrogen) atoms. The van der Waals surface area contributed by atoms with Crippen molar-refractivity contribution in [3.8, 4) is 0 Å². The lowest BCUT2D eigenvalue weighted by Crippen LogP contribution is -2.36. The Labute approximate surface area is 152 Å². The molecule has 2 N–H and O–H groups in total. The molecule has 0 atom stereocenters. The average Bonchev–Trinajstić information content (AvgIpc) is 3.04. The lowest BCUT2D eigenvalue weighted by Gasteiger charge is -2.14. The summed E-state index contributed by atoms with van der Waals surface area (Å²) >= 11 is 1.41. The lowest BCUT2D eigenvalue weighted by atomic mass is 10.2. The quantitative estimate of drug-likeness (QED) is 0.639. The highest BCUT2D eigenvalue weighted by molar-refractivity contribution is 7.14. The number of likely N-dealkylation sites (N-methyl/N-ethyl adjacent to an activating group) is 1. The van der Waals surface area contributed by atoms with Crippen molar-refractivity contribution in [3.05, 3.63) is 51.3 Å². The molecule has 3 aromatic rings. The fourth-order valence-corrected chi connectivity index (χ4v) is 3.19. The zero-order valence-corrected chi connectivity index (χ0v) is 15.2. The Morgan fingerprint density at radius 2 is 2.19 bits per heavy atom. The third kappa shape index (κ3) is 4.12. The topological polar surface area (TPSA) is 91.0 Å². The maximum atomic E-state index is 13.3. The van der Waals surface area contributed by atoms with Crippen molar-refractivity contribution in [2.75, 3.05) is 25.0 Å². The van der Waals surface area contributed by atoms with E-state index in [1.54, 1.807) is 7.05 Å². The number of aromatic nitrogens is 3. The first-order chi connectivity index (χ1) is 12.4. The van der Waals surface area contributed by atoms with Gasteiger partial charge in [-0.15, -0.1) is 11.3 Å². The highest BCUT2D eigenvalue weighted by Gasteiger charge is 2.13. The lowest BCUT2D eigenvalue weighted by molar-refractivity contribution is -0.117. The minimum absolute atomic E-state index is 0.110. The number of hydrogen-bond acceptors (Lipinski definition) is 6. The first-order valence-electron chi connectivity index (χ1n) is 8.02. The first kappa shape index (κ1) is 18.2. The molecular formula is C17H18FN5O2S. The molecule has 1 amide bonds. The van der Waals surface area contributed by atoms with Crippen LogP contribution in [-0.4, -0.2) is 41.0 Å². The Morgan fingerprint density at radius 1 is 1.38 bits per heavy atom. The van der Waals surface area contributed by atoms with Crippen LogP contribution < -0.4 is 15.8 Å². The van der Waals surface area contributed by atoms with Gasteiger partial charge in [0.15, 0.2) is 5.13 Å². The monoisotopic (exact) mass is 375 g/mol. The number of nitrogens with one attached hydrogen (secondary N) is 2. The summed E-state index contributed by atoms with van der Waals surface area (Å²) in [6.45, 7) is 2.46. The molecule has 3 rings (SSSR count). The number of H-pyrrole nitrogens is 1. The molecule has 9 heteroatoms. The molecule has 0 aliphatic rings. The van der Waals surface area contributed by atoms with E-state index in [1.807, 2.05) is 12.3 Å². The predicted octanol–water partition coefficient (Wildman–Crippen LogP) is 1.62. The Hall–Kier alpha value is -2.65. The minimum Gasteiger partial charge on any atom is -0.310 e. The molecule has 7 nitrogen and oxygen atoms in total. The van der Waals surface area contributed by atoms with Gasteiger partial charge in [0.1, 0.15) is 11.6 Å². The van der Waals surface area contributed by atoms with Crippen LogP contribution in [0, 0.1) is 12.7 Å². The van der Waals surface area contributed by atoms with E-state index < -0.39 is 5.82 Å². The molecule has 0 bridgehead atoms. The van der Waals surface area contributed by atoms with Crippen LogP contribution in [0.1, 0.15) is 11.5 Å². The molecule has 0 saturated carbocycles. The fourth-order valence-electron chi connectivity index (χ4n) is 2.40. The zero-order valence-electron chi connectivity index (χ0n) is 14.4. The average molecular weight is 375 g/mol. The van der Waals surface area contributed by atoms with Gasteiger partial charge >= 0.3 is 0 Å². The number of benzene rings is 1. The highest BCUT2D eigenvalue weighted by atomic mass is 32.1. The number of carbonyl (C=O) groups excluding carboxylic acids is 1. The summed E-state index contributed by atoms with van der Waals surface area (Å²) in [5, 5.41) is 5.90. The van der Waals surface area contributed by atoms with Crippen molar-refractivity contribution in [1.29, 1.82) is 0 Å². The number of hydrogen-bond donors (Lipinski definition) is 2. The number of anilines is 1.